The summed E-state index contributed by atoms with van der Waals surface area (Å²) in [5, 5.41) is 1.13. The third-order valence-electron chi connectivity index (χ3n) is 2.59. The highest BCUT2D eigenvalue weighted by Gasteiger charge is 2.08. The van der Waals surface area contributed by atoms with Crippen LogP contribution < -0.4 is 4.74 Å². The molecular formula is C13H12Cl2N2O. The largest absolute Gasteiger partial charge is 0.439 e. The lowest BCUT2D eigenvalue weighted by atomic mass is 10.1. The first-order valence-corrected chi connectivity index (χ1v) is 6.30. The molecule has 0 saturated carbocycles. The summed E-state index contributed by atoms with van der Waals surface area (Å²) in [5.41, 5.74) is 1.75. The summed E-state index contributed by atoms with van der Waals surface area (Å²) >= 11 is 12.0. The molecule has 0 bridgehead atoms. The molecule has 1 aromatic heterocycles. The van der Waals surface area contributed by atoms with E-state index in [1.165, 1.54) is 6.33 Å². The second-order valence-electron chi connectivity index (χ2n) is 3.80. The molecule has 0 aliphatic carbocycles. The van der Waals surface area contributed by atoms with Crippen LogP contribution in [0.25, 0.3) is 0 Å². The van der Waals surface area contributed by atoms with Crippen LogP contribution in [0.1, 0.15) is 18.1 Å². The van der Waals surface area contributed by atoms with Gasteiger partial charge in [0.05, 0.1) is 0 Å². The highest BCUT2D eigenvalue weighted by Crippen LogP contribution is 2.28. The number of hydrogen-bond donors (Lipinski definition) is 0. The van der Waals surface area contributed by atoms with Gasteiger partial charge in [-0.2, -0.15) is 0 Å². The van der Waals surface area contributed by atoms with Crippen LogP contribution in [0.3, 0.4) is 0 Å². The molecular weight excluding hydrogens is 271 g/mol. The van der Waals surface area contributed by atoms with Crippen LogP contribution in [0.5, 0.6) is 11.6 Å². The van der Waals surface area contributed by atoms with Gasteiger partial charge in [-0.15, -0.1) is 0 Å². The Morgan fingerprint density at radius 2 is 2.00 bits per heavy atom. The van der Waals surface area contributed by atoms with Crippen molar-refractivity contribution in [1.29, 1.82) is 0 Å². The van der Waals surface area contributed by atoms with E-state index in [1.807, 2.05) is 26.0 Å². The number of nitrogens with zero attached hydrogens (tertiary/aromatic N) is 2. The van der Waals surface area contributed by atoms with Crippen LogP contribution in [0.2, 0.25) is 10.2 Å². The summed E-state index contributed by atoms with van der Waals surface area (Å²) < 4.78 is 5.69. The number of benzene rings is 1. The lowest BCUT2D eigenvalue weighted by Crippen LogP contribution is -1.94. The van der Waals surface area contributed by atoms with E-state index in [1.54, 1.807) is 6.07 Å². The van der Waals surface area contributed by atoms with Crippen LogP contribution >= 0.6 is 23.2 Å². The Kier molecular flexibility index (Phi) is 4.04. The van der Waals surface area contributed by atoms with Gasteiger partial charge in [-0.05, 0) is 37.1 Å². The van der Waals surface area contributed by atoms with E-state index >= 15 is 0 Å². The first kappa shape index (κ1) is 13.1. The molecule has 18 heavy (non-hydrogen) atoms. The second kappa shape index (κ2) is 5.55. The summed E-state index contributed by atoms with van der Waals surface area (Å²) in [6, 6.07) is 5.52. The minimum absolute atomic E-state index is 0.393. The Morgan fingerprint density at radius 3 is 2.72 bits per heavy atom. The van der Waals surface area contributed by atoms with Gasteiger partial charge in [0.25, 0.3) is 0 Å². The first-order chi connectivity index (χ1) is 8.61. The predicted octanol–water partition coefficient (Wildman–Crippen LogP) is 4.45. The monoisotopic (exact) mass is 282 g/mol. The van der Waals surface area contributed by atoms with Crippen LogP contribution in [0, 0.1) is 6.92 Å². The zero-order valence-electron chi connectivity index (χ0n) is 10.1. The van der Waals surface area contributed by atoms with Gasteiger partial charge in [-0.1, -0.05) is 30.1 Å². The van der Waals surface area contributed by atoms with E-state index in [0.29, 0.717) is 22.3 Å². The summed E-state index contributed by atoms with van der Waals surface area (Å²) in [6.07, 6.45) is 2.22. The lowest BCUT2D eigenvalue weighted by molar-refractivity contribution is 0.457. The fourth-order valence-corrected chi connectivity index (χ4v) is 1.89. The molecule has 94 valence electrons. The number of ether oxygens (including phenoxy) is 1. The zero-order valence-corrected chi connectivity index (χ0v) is 11.6. The quantitative estimate of drug-likeness (QED) is 0.781. The molecule has 1 aromatic carbocycles. The van der Waals surface area contributed by atoms with Crippen molar-refractivity contribution >= 4 is 23.2 Å². The Bertz CT molecular complexity index is 573. The minimum atomic E-state index is 0.393. The summed E-state index contributed by atoms with van der Waals surface area (Å²) in [5.74, 6) is 1.15. The van der Waals surface area contributed by atoms with Gasteiger partial charge in [0.2, 0.25) is 5.88 Å². The highest BCUT2D eigenvalue weighted by molar-refractivity contribution is 6.31. The number of halogens is 2. The Hall–Kier alpha value is -1.32. The molecule has 0 amide bonds. The van der Waals surface area contributed by atoms with E-state index in [0.717, 1.165) is 17.0 Å². The summed E-state index contributed by atoms with van der Waals surface area (Å²) in [6.45, 7) is 3.85. The van der Waals surface area contributed by atoms with Crippen molar-refractivity contribution in [3.05, 3.63) is 45.8 Å². The molecule has 0 N–H and O–H groups in total. The van der Waals surface area contributed by atoms with Gasteiger partial charge in [-0.25, -0.2) is 9.97 Å². The van der Waals surface area contributed by atoms with Crippen LogP contribution in [-0.4, -0.2) is 9.97 Å². The van der Waals surface area contributed by atoms with Crippen LogP contribution in [0.15, 0.2) is 24.5 Å². The molecule has 0 radical (unpaired) electrons. The standard InChI is InChI=1S/C13H12Cl2N2O/c1-3-9-6-10(4-5-11(9)14)18-13-8(2)12(15)16-7-17-13/h4-7H,3H2,1-2H3. The van der Waals surface area contributed by atoms with Gasteiger partial charge in [0, 0.05) is 10.6 Å². The SMILES string of the molecule is CCc1cc(Oc2ncnc(Cl)c2C)ccc1Cl. The summed E-state index contributed by atoms with van der Waals surface area (Å²) in [4.78, 5) is 7.94. The Morgan fingerprint density at radius 1 is 1.22 bits per heavy atom. The molecule has 0 aliphatic heterocycles. The third kappa shape index (κ3) is 2.74. The minimum Gasteiger partial charge on any atom is -0.439 e. The number of rotatable bonds is 3. The van der Waals surface area contributed by atoms with Crippen molar-refractivity contribution in [2.24, 2.45) is 0 Å². The molecule has 2 aromatic rings. The smallest absolute Gasteiger partial charge is 0.226 e. The topological polar surface area (TPSA) is 35.0 Å². The fraction of sp³-hybridized carbons (Fsp3) is 0.231. The third-order valence-corrected chi connectivity index (χ3v) is 3.34. The van der Waals surface area contributed by atoms with Crippen molar-refractivity contribution in [2.45, 2.75) is 20.3 Å². The Labute approximate surface area is 116 Å². The number of aryl methyl sites for hydroxylation is 1. The maximum Gasteiger partial charge on any atom is 0.226 e. The molecule has 0 unspecified atom stereocenters. The second-order valence-corrected chi connectivity index (χ2v) is 4.57. The molecule has 0 saturated heterocycles. The zero-order chi connectivity index (χ0) is 13.1. The van der Waals surface area contributed by atoms with Crippen molar-refractivity contribution in [3.8, 4) is 11.6 Å². The van der Waals surface area contributed by atoms with Crippen LogP contribution in [0.4, 0.5) is 0 Å². The lowest BCUT2D eigenvalue weighted by Gasteiger charge is -2.09. The predicted molar refractivity (Wildman–Crippen MR) is 72.7 cm³/mol. The van der Waals surface area contributed by atoms with Gasteiger partial charge >= 0.3 is 0 Å². The van der Waals surface area contributed by atoms with E-state index in [9.17, 15) is 0 Å². The van der Waals surface area contributed by atoms with Crippen molar-refractivity contribution < 1.29 is 4.74 Å². The van der Waals surface area contributed by atoms with Gasteiger partial charge in [-0.3, -0.25) is 0 Å². The normalized spacial score (nSPS) is 10.4. The maximum atomic E-state index is 6.05. The molecule has 0 fully saturated rings. The maximum absolute atomic E-state index is 6.05. The average Bonchev–Trinajstić information content (AvgIpc) is 2.37. The van der Waals surface area contributed by atoms with E-state index in [-0.39, 0.29) is 0 Å². The number of hydrogen-bond acceptors (Lipinski definition) is 3. The van der Waals surface area contributed by atoms with Crippen molar-refractivity contribution in [2.75, 3.05) is 0 Å². The van der Waals surface area contributed by atoms with Crippen LogP contribution in [-0.2, 0) is 6.42 Å². The van der Waals surface area contributed by atoms with Crippen molar-refractivity contribution in [1.82, 2.24) is 9.97 Å². The number of aromatic nitrogens is 2. The molecule has 2 rings (SSSR count). The molecule has 0 spiro atoms. The average molecular weight is 283 g/mol. The molecule has 5 heteroatoms. The van der Waals surface area contributed by atoms with Gasteiger partial charge in [0.15, 0.2) is 0 Å². The fourth-order valence-electron chi connectivity index (χ4n) is 1.51. The van der Waals surface area contributed by atoms with Gasteiger partial charge in [0.1, 0.15) is 17.2 Å². The molecule has 1 heterocycles. The van der Waals surface area contributed by atoms with E-state index in [2.05, 4.69) is 9.97 Å². The molecule has 0 aliphatic rings. The first-order valence-electron chi connectivity index (χ1n) is 5.55. The molecule has 3 nitrogen and oxygen atoms in total. The highest BCUT2D eigenvalue weighted by atomic mass is 35.5. The summed E-state index contributed by atoms with van der Waals surface area (Å²) in [7, 11) is 0. The Balaban J connectivity index is 2.31. The van der Waals surface area contributed by atoms with E-state index < -0.39 is 0 Å². The molecule has 0 atom stereocenters. The van der Waals surface area contributed by atoms with Crippen molar-refractivity contribution in [3.63, 3.8) is 0 Å². The van der Waals surface area contributed by atoms with Gasteiger partial charge < -0.3 is 4.74 Å². The van der Waals surface area contributed by atoms with E-state index in [4.69, 9.17) is 27.9 Å².